The van der Waals surface area contributed by atoms with Gasteiger partial charge in [0.25, 0.3) is 0 Å². The Morgan fingerprint density at radius 1 is 1.57 bits per heavy atom. The van der Waals surface area contributed by atoms with Gasteiger partial charge in [-0.15, -0.1) is 0 Å². The van der Waals surface area contributed by atoms with Crippen molar-refractivity contribution in [2.24, 2.45) is 5.73 Å². The Kier molecular flexibility index (Phi) is 2.56. The number of hydrogen-bond acceptors (Lipinski definition) is 4. The minimum absolute atomic E-state index is 0.234. The SMILES string of the molecule is Cc1cc(Cl)nc(N2CCC(N)C2)n1. The highest BCUT2D eigenvalue weighted by Crippen LogP contribution is 2.17. The predicted molar refractivity (Wildman–Crippen MR) is 56.6 cm³/mol. The molecular formula is C9H13ClN4. The van der Waals surface area contributed by atoms with Gasteiger partial charge in [-0.25, -0.2) is 9.97 Å². The average molecular weight is 213 g/mol. The molecule has 0 radical (unpaired) electrons. The van der Waals surface area contributed by atoms with Crippen molar-refractivity contribution in [2.75, 3.05) is 18.0 Å². The fourth-order valence-electron chi connectivity index (χ4n) is 1.63. The molecule has 76 valence electrons. The molecule has 5 heteroatoms. The molecule has 4 nitrogen and oxygen atoms in total. The molecule has 2 N–H and O–H groups in total. The first-order valence-electron chi connectivity index (χ1n) is 4.67. The summed E-state index contributed by atoms with van der Waals surface area (Å²) in [4.78, 5) is 10.6. The van der Waals surface area contributed by atoms with E-state index in [-0.39, 0.29) is 6.04 Å². The van der Waals surface area contributed by atoms with E-state index < -0.39 is 0 Å². The summed E-state index contributed by atoms with van der Waals surface area (Å²) in [6.07, 6.45) is 0.995. The molecule has 1 aromatic heterocycles. The van der Waals surface area contributed by atoms with Crippen molar-refractivity contribution in [3.8, 4) is 0 Å². The van der Waals surface area contributed by atoms with Gasteiger partial charge in [0.15, 0.2) is 0 Å². The van der Waals surface area contributed by atoms with Crippen LogP contribution in [0, 0.1) is 6.92 Å². The first-order chi connectivity index (χ1) is 6.65. The lowest BCUT2D eigenvalue weighted by molar-refractivity contribution is 0.750. The highest BCUT2D eigenvalue weighted by Gasteiger charge is 2.21. The second-order valence-electron chi connectivity index (χ2n) is 3.63. The van der Waals surface area contributed by atoms with Crippen LogP contribution >= 0.6 is 11.6 Å². The summed E-state index contributed by atoms with van der Waals surface area (Å²) in [5.74, 6) is 0.697. The molecule has 0 bridgehead atoms. The van der Waals surface area contributed by atoms with Crippen molar-refractivity contribution in [3.05, 3.63) is 16.9 Å². The molecule has 0 aliphatic carbocycles. The Labute approximate surface area is 88.1 Å². The number of rotatable bonds is 1. The van der Waals surface area contributed by atoms with Crippen molar-refractivity contribution in [1.82, 2.24) is 9.97 Å². The molecule has 0 saturated carbocycles. The van der Waals surface area contributed by atoms with Crippen LogP contribution in [0.5, 0.6) is 0 Å². The Morgan fingerprint density at radius 3 is 2.93 bits per heavy atom. The lowest BCUT2D eigenvalue weighted by Gasteiger charge is -2.15. The molecule has 2 heterocycles. The third-order valence-electron chi connectivity index (χ3n) is 2.32. The minimum Gasteiger partial charge on any atom is -0.339 e. The Morgan fingerprint density at radius 2 is 2.36 bits per heavy atom. The van der Waals surface area contributed by atoms with Gasteiger partial charge in [-0.2, -0.15) is 0 Å². The molecule has 0 aromatic carbocycles. The topological polar surface area (TPSA) is 55.0 Å². The number of nitrogens with zero attached hydrogens (tertiary/aromatic N) is 3. The van der Waals surface area contributed by atoms with E-state index >= 15 is 0 Å². The van der Waals surface area contributed by atoms with Gasteiger partial charge in [-0.1, -0.05) is 11.6 Å². The maximum atomic E-state index is 5.86. The number of hydrogen-bond donors (Lipinski definition) is 1. The number of aromatic nitrogens is 2. The van der Waals surface area contributed by atoms with Crippen LogP contribution in [0.15, 0.2) is 6.07 Å². The molecule has 1 aliphatic rings. The third kappa shape index (κ3) is 1.96. The summed E-state index contributed by atoms with van der Waals surface area (Å²) in [7, 11) is 0. The summed E-state index contributed by atoms with van der Waals surface area (Å²) in [6, 6.07) is 1.99. The van der Waals surface area contributed by atoms with Crippen molar-refractivity contribution >= 4 is 17.5 Å². The summed E-state index contributed by atoms with van der Waals surface area (Å²) >= 11 is 5.86. The summed E-state index contributed by atoms with van der Waals surface area (Å²) < 4.78 is 0. The summed E-state index contributed by atoms with van der Waals surface area (Å²) in [5, 5.41) is 0.493. The first kappa shape index (κ1) is 9.68. The van der Waals surface area contributed by atoms with Gasteiger partial charge < -0.3 is 10.6 Å². The summed E-state index contributed by atoms with van der Waals surface area (Å²) in [6.45, 7) is 3.65. The van der Waals surface area contributed by atoms with Gasteiger partial charge >= 0.3 is 0 Å². The van der Waals surface area contributed by atoms with Crippen LogP contribution in [0.2, 0.25) is 5.15 Å². The highest BCUT2D eigenvalue weighted by atomic mass is 35.5. The average Bonchev–Trinajstić information content (AvgIpc) is 2.50. The molecule has 14 heavy (non-hydrogen) atoms. The van der Waals surface area contributed by atoms with E-state index in [2.05, 4.69) is 14.9 Å². The molecule has 1 atom stereocenters. The van der Waals surface area contributed by atoms with Crippen molar-refractivity contribution in [3.63, 3.8) is 0 Å². The zero-order chi connectivity index (χ0) is 10.1. The van der Waals surface area contributed by atoms with Crippen LogP contribution in [0.3, 0.4) is 0 Å². The van der Waals surface area contributed by atoms with Gasteiger partial charge in [-0.3, -0.25) is 0 Å². The smallest absolute Gasteiger partial charge is 0.227 e. The molecular weight excluding hydrogens is 200 g/mol. The van der Waals surface area contributed by atoms with Crippen LogP contribution < -0.4 is 10.6 Å². The van der Waals surface area contributed by atoms with E-state index in [1.54, 1.807) is 6.07 Å². The molecule has 1 aromatic rings. The predicted octanol–water partition coefficient (Wildman–Crippen LogP) is 0.976. The molecule has 0 amide bonds. The van der Waals surface area contributed by atoms with E-state index in [9.17, 15) is 0 Å². The Balaban J connectivity index is 2.23. The number of aryl methyl sites for hydroxylation is 1. The zero-order valence-corrected chi connectivity index (χ0v) is 8.83. The number of halogens is 1. The van der Waals surface area contributed by atoms with Crippen molar-refractivity contribution in [1.29, 1.82) is 0 Å². The molecule has 1 aliphatic heterocycles. The zero-order valence-electron chi connectivity index (χ0n) is 8.07. The Bertz CT molecular complexity index is 321. The molecule has 2 rings (SSSR count). The van der Waals surface area contributed by atoms with Crippen LogP contribution in [-0.4, -0.2) is 29.1 Å². The lowest BCUT2D eigenvalue weighted by atomic mass is 10.3. The monoisotopic (exact) mass is 212 g/mol. The van der Waals surface area contributed by atoms with Crippen molar-refractivity contribution in [2.45, 2.75) is 19.4 Å². The Hall–Kier alpha value is -0.870. The lowest BCUT2D eigenvalue weighted by Crippen LogP contribution is -2.27. The van der Waals surface area contributed by atoms with Crippen LogP contribution in [0.25, 0.3) is 0 Å². The fraction of sp³-hybridized carbons (Fsp3) is 0.556. The molecule has 1 fully saturated rings. The first-order valence-corrected chi connectivity index (χ1v) is 5.04. The standard InChI is InChI=1S/C9H13ClN4/c1-6-4-8(10)13-9(12-6)14-3-2-7(11)5-14/h4,7H,2-3,5,11H2,1H3. The van der Waals surface area contributed by atoms with E-state index in [0.717, 1.165) is 25.2 Å². The molecule has 0 spiro atoms. The minimum atomic E-state index is 0.234. The van der Waals surface area contributed by atoms with Crippen LogP contribution in [0.1, 0.15) is 12.1 Å². The molecule has 1 unspecified atom stereocenters. The van der Waals surface area contributed by atoms with Gasteiger partial charge in [0, 0.05) is 24.8 Å². The number of anilines is 1. The normalized spacial score (nSPS) is 21.6. The highest BCUT2D eigenvalue weighted by molar-refractivity contribution is 6.29. The van der Waals surface area contributed by atoms with Crippen molar-refractivity contribution < 1.29 is 0 Å². The van der Waals surface area contributed by atoms with Gasteiger partial charge in [0.1, 0.15) is 5.15 Å². The van der Waals surface area contributed by atoms with Gasteiger partial charge in [0.05, 0.1) is 0 Å². The van der Waals surface area contributed by atoms with E-state index in [1.807, 2.05) is 6.92 Å². The summed E-state index contributed by atoms with van der Waals surface area (Å²) in [5.41, 5.74) is 6.70. The van der Waals surface area contributed by atoms with E-state index in [4.69, 9.17) is 17.3 Å². The second kappa shape index (κ2) is 3.71. The maximum Gasteiger partial charge on any atom is 0.227 e. The number of nitrogens with two attached hydrogens (primary N) is 1. The van der Waals surface area contributed by atoms with Gasteiger partial charge in [0.2, 0.25) is 5.95 Å². The van der Waals surface area contributed by atoms with E-state index in [1.165, 1.54) is 0 Å². The van der Waals surface area contributed by atoms with Gasteiger partial charge in [-0.05, 0) is 19.4 Å². The maximum absolute atomic E-state index is 5.86. The fourth-order valence-corrected chi connectivity index (χ4v) is 1.86. The quantitative estimate of drug-likeness (QED) is 0.705. The second-order valence-corrected chi connectivity index (χ2v) is 4.01. The van der Waals surface area contributed by atoms with Crippen LogP contribution in [-0.2, 0) is 0 Å². The third-order valence-corrected chi connectivity index (χ3v) is 2.51. The molecule has 1 saturated heterocycles. The van der Waals surface area contributed by atoms with E-state index in [0.29, 0.717) is 11.1 Å². The van der Waals surface area contributed by atoms with Crippen LogP contribution in [0.4, 0.5) is 5.95 Å². The largest absolute Gasteiger partial charge is 0.339 e.